The van der Waals surface area contributed by atoms with Gasteiger partial charge in [-0.2, -0.15) is 5.10 Å². The lowest BCUT2D eigenvalue weighted by atomic mass is 10.3. The monoisotopic (exact) mass is 399 g/mol. The lowest BCUT2D eigenvalue weighted by Gasteiger charge is -2.22. The Balaban J connectivity index is 1.48. The molecule has 158 valence electrons. The van der Waals surface area contributed by atoms with Crippen LogP contribution >= 0.6 is 0 Å². The Morgan fingerprint density at radius 1 is 1.17 bits per heavy atom. The van der Waals surface area contributed by atoms with Gasteiger partial charge in [-0.25, -0.2) is 4.79 Å². The van der Waals surface area contributed by atoms with Crippen LogP contribution in [0.3, 0.4) is 0 Å². The largest absolute Gasteiger partial charge is 0.491 e. The third-order valence-electron chi connectivity index (χ3n) is 4.90. The molecule has 0 unspecified atom stereocenters. The molecule has 0 spiro atoms. The fourth-order valence-corrected chi connectivity index (χ4v) is 3.52. The highest BCUT2D eigenvalue weighted by molar-refractivity contribution is 5.89. The number of anilines is 1. The minimum atomic E-state index is -0.0415. The predicted molar refractivity (Wildman–Crippen MR) is 115 cm³/mol. The van der Waals surface area contributed by atoms with Gasteiger partial charge in [0, 0.05) is 56.7 Å². The molecule has 0 saturated carbocycles. The van der Waals surface area contributed by atoms with Crippen LogP contribution < -0.4 is 10.1 Å². The lowest BCUT2D eigenvalue weighted by molar-refractivity contribution is 0.211. The molecule has 2 heterocycles. The van der Waals surface area contributed by atoms with E-state index >= 15 is 0 Å². The zero-order chi connectivity index (χ0) is 20.6. The second-order valence-corrected chi connectivity index (χ2v) is 7.85. The Hall–Kier alpha value is -2.54. The zero-order valence-corrected chi connectivity index (χ0v) is 17.8. The van der Waals surface area contributed by atoms with Gasteiger partial charge in [-0.3, -0.25) is 9.58 Å². The average molecular weight is 400 g/mol. The number of aromatic nitrogens is 2. The van der Waals surface area contributed by atoms with Gasteiger partial charge in [0.2, 0.25) is 0 Å². The Bertz CT molecular complexity index is 772. The van der Waals surface area contributed by atoms with Gasteiger partial charge >= 0.3 is 6.03 Å². The summed E-state index contributed by atoms with van der Waals surface area (Å²) in [7, 11) is 0. The third kappa shape index (κ3) is 6.49. The fraction of sp³-hybridized carbons (Fsp3) is 0.545. The molecule has 1 fully saturated rings. The molecule has 1 N–H and O–H groups in total. The van der Waals surface area contributed by atoms with Crippen molar-refractivity contribution in [2.24, 2.45) is 0 Å². The normalized spacial score (nSPS) is 15.4. The average Bonchev–Trinajstić information content (AvgIpc) is 2.98. The number of aryl methyl sites for hydroxylation is 1. The molecule has 1 saturated heterocycles. The number of urea groups is 1. The van der Waals surface area contributed by atoms with Crippen LogP contribution in [-0.4, -0.2) is 57.9 Å². The Morgan fingerprint density at radius 2 is 1.97 bits per heavy atom. The molecule has 2 amide bonds. The number of carbonyl (C=O) groups excluding carboxylic acids is 1. The molecule has 0 aliphatic carbocycles. The van der Waals surface area contributed by atoms with Crippen LogP contribution in [0.1, 0.15) is 39.2 Å². The van der Waals surface area contributed by atoms with Crippen molar-refractivity contribution in [2.75, 3.05) is 31.5 Å². The second kappa shape index (κ2) is 10.3. The molecule has 1 aromatic carbocycles. The number of nitrogens with one attached hydrogen (secondary N) is 1. The van der Waals surface area contributed by atoms with Gasteiger partial charge < -0.3 is 15.0 Å². The minimum Gasteiger partial charge on any atom is -0.491 e. The predicted octanol–water partition coefficient (Wildman–Crippen LogP) is 3.82. The van der Waals surface area contributed by atoms with Gasteiger partial charge in [0.15, 0.2) is 0 Å². The summed E-state index contributed by atoms with van der Waals surface area (Å²) in [5.41, 5.74) is 2.02. The molecular formula is C22H33N5O2. The van der Waals surface area contributed by atoms with Crippen molar-refractivity contribution >= 4 is 11.7 Å². The maximum absolute atomic E-state index is 12.7. The van der Waals surface area contributed by atoms with Gasteiger partial charge in [0.1, 0.15) is 5.75 Å². The number of amides is 2. The first kappa shape index (κ1) is 21.2. The van der Waals surface area contributed by atoms with Crippen molar-refractivity contribution in [1.82, 2.24) is 19.6 Å². The number of ether oxygens (including phenoxy) is 1. The first-order valence-corrected chi connectivity index (χ1v) is 10.6. The van der Waals surface area contributed by atoms with Gasteiger partial charge in [-0.15, -0.1) is 0 Å². The molecule has 1 aliphatic heterocycles. The molecule has 0 atom stereocenters. The van der Waals surface area contributed by atoms with Crippen LogP contribution in [0, 0.1) is 0 Å². The first-order chi connectivity index (χ1) is 14.0. The van der Waals surface area contributed by atoms with Crippen molar-refractivity contribution in [3.63, 3.8) is 0 Å². The summed E-state index contributed by atoms with van der Waals surface area (Å²) in [5, 5.41) is 7.41. The highest BCUT2D eigenvalue weighted by Crippen LogP contribution is 2.18. The number of carbonyl (C=O) groups is 1. The standard InChI is InChI=1S/C22H33N5O2/c1-4-10-27-17-19(15-23-27)16-25-11-5-12-26(14-13-25)22(28)24-20-6-8-21(9-7-20)29-18(2)3/h6-9,15,17-18H,4-5,10-14,16H2,1-3H3,(H,24,28). The van der Waals surface area contributed by atoms with E-state index < -0.39 is 0 Å². The molecule has 7 nitrogen and oxygen atoms in total. The second-order valence-electron chi connectivity index (χ2n) is 7.85. The summed E-state index contributed by atoms with van der Waals surface area (Å²) in [5.74, 6) is 0.811. The summed E-state index contributed by atoms with van der Waals surface area (Å²) >= 11 is 0. The van der Waals surface area contributed by atoms with E-state index in [9.17, 15) is 4.79 Å². The maximum Gasteiger partial charge on any atom is 0.321 e. The van der Waals surface area contributed by atoms with Gasteiger partial charge in [-0.1, -0.05) is 6.92 Å². The van der Waals surface area contributed by atoms with Gasteiger partial charge in [0.25, 0.3) is 0 Å². The Kier molecular flexibility index (Phi) is 7.52. The van der Waals surface area contributed by atoms with Crippen molar-refractivity contribution in [1.29, 1.82) is 0 Å². The molecular weight excluding hydrogens is 366 g/mol. The number of benzene rings is 1. The van der Waals surface area contributed by atoms with E-state index in [1.54, 1.807) is 0 Å². The minimum absolute atomic E-state index is 0.0415. The summed E-state index contributed by atoms with van der Waals surface area (Å²) in [4.78, 5) is 17.0. The molecule has 1 aliphatic rings. The van der Waals surface area contributed by atoms with Crippen molar-refractivity contribution in [3.05, 3.63) is 42.2 Å². The van der Waals surface area contributed by atoms with Crippen LogP contribution in [0.15, 0.2) is 36.7 Å². The van der Waals surface area contributed by atoms with E-state index in [1.807, 2.05) is 53.9 Å². The smallest absolute Gasteiger partial charge is 0.321 e. The Labute approximate surface area is 173 Å². The van der Waals surface area contributed by atoms with Crippen molar-refractivity contribution < 1.29 is 9.53 Å². The van der Waals surface area contributed by atoms with Crippen LogP contribution in [0.2, 0.25) is 0 Å². The first-order valence-electron chi connectivity index (χ1n) is 10.6. The third-order valence-corrected chi connectivity index (χ3v) is 4.90. The summed E-state index contributed by atoms with van der Waals surface area (Å²) in [6.07, 6.45) is 6.28. The van der Waals surface area contributed by atoms with Crippen molar-refractivity contribution in [3.8, 4) is 5.75 Å². The number of hydrogen-bond donors (Lipinski definition) is 1. The highest BCUT2D eigenvalue weighted by atomic mass is 16.5. The van der Waals surface area contributed by atoms with Crippen LogP contribution in [-0.2, 0) is 13.1 Å². The molecule has 3 rings (SSSR count). The van der Waals surface area contributed by atoms with Crippen LogP contribution in [0.5, 0.6) is 5.75 Å². The maximum atomic E-state index is 12.7. The topological polar surface area (TPSA) is 62.6 Å². The summed E-state index contributed by atoms with van der Waals surface area (Å²) in [6.45, 7) is 11.3. The van der Waals surface area contributed by atoms with Crippen LogP contribution in [0.25, 0.3) is 0 Å². The molecule has 29 heavy (non-hydrogen) atoms. The molecule has 1 aromatic heterocycles. The molecule has 2 aromatic rings. The fourth-order valence-electron chi connectivity index (χ4n) is 3.52. The SMILES string of the molecule is CCCn1cc(CN2CCCN(C(=O)Nc3ccc(OC(C)C)cc3)CC2)cn1. The molecule has 0 bridgehead atoms. The van der Waals surface area contributed by atoms with E-state index in [4.69, 9.17) is 4.74 Å². The summed E-state index contributed by atoms with van der Waals surface area (Å²) in [6, 6.07) is 7.50. The quantitative estimate of drug-likeness (QED) is 0.769. The van der Waals surface area contributed by atoms with Crippen molar-refractivity contribution in [2.45, 2.75) is 52.8 Å². The van der Waals surface area contributed by atoms with E-state index in [1.165, 1.54) is 5.56 Å². The zero-order valence-electron chi connectivity index (χ0n) is 17.8. The molecule has 7 heteroatoms. The van der Waals surface area contributed by atoms with E-state index in [0.29, 0.717) is 0 Å². The lowest BCUT2D eigenvalue weighted by Crippen LogP contribution is -2.38. The van der Waals surface area contributed by atoms with E-state index in [-0.39, 0.29) is 12.1 Å². The van der Waals surface area contributed by atoms with Gasteiger partial charge in [-0.05, 0) is 51.0 Å². The summed E-state index contributed by atoms with van der Waals surface area (Å²) < 4.78 is 7.65. The Morgan fingerprint density at radius 3 is 2.69 bits per heavy atom. The van der Waals surface area contributed by atoms with Gasteiger partial charge in [0.05, 0.1) is 12.3 Å². The van der Waals surface area contributed by atoms with E-state index in [0.717, 1.165) is 63.5 Å². The number of rotatable bonds is 7. The molecule has 0 radical (unpaired) electrons. The van der Waals surface area contributed by atoms with E-state index in [2.05, 4.69) is 28.4 Å². The number of hydrogen-bond acceptors (Lipinski definition) is 4. The number of nitrogens with zero attached hydrogens (tertiary/aromatic N) is 4. The van der Waals surface area contributed by atoms with Crippen LogP contribution in [0.4, 0.5) is 10.5 Å². The highest BCUT2D eigenvalue weighted by Gasteiger charge is 2.19.